The molecule has 0 unspecified atom stereocenters. The van der Waals surface area contributed by atoms with E-state index in [1.165, 1.54) is 6.42 Å². The molecule has 2 aliphatic rings. The monoisotopic (exact) mass is 322 g/mol. The molecule has 2 saturated heterocycles. The van der Waals surface area contributed by atoms with Crippen molar-refractivity contribution in [3.63, 3.8) is 0 Å². The smallest absolute Gasteiger partial charge is 0.410 e. The van der Waals surface area contributed by atoms with Crippen LogP contribution in [-0.2, 0) is 4.74 Å². The van der Waals surface area contributed by atoms with Crippen molar-refractivity contribution in [2.75, 3.05) is 24.5 Å². The third kappa shape index (κ3) is 3.76. The summed E-state index contributed by atoms with van der Waals surface area (Å²) >= 11 is 0. The molecule has 2 aliphatic heterocycles. The molecule has 3 rings (SSSR count). The minimum Gasteiger partial charge on any atom is -0.444 e. The van der Waals surface area contributed by atoms with Crippen LogP contribution in [0.1, 0.15) is 64.8 Å². The molecule has 1 atom stereocenters. The van der Waals surface area contributed by atoms with E-state index in [0.717, 1.165) is 38.8 Å². The lowest BCUT2D eigenvalue weighted by Gasteiger charge is -2.27. The fourth-order valence-electron chi connectivity index (χ4n) is 3.15. The van der Waals surface area contributed by atoms with Crippen molar-refractivity contribution in [1.29, 1.82) is 0 Å². The number of carbonyl (C=O) groups excluding carboxylic acids is 1. The van der Waals surface area contributed by atoms with Crippen molar-refractivity contribution < 1.29 is 14.1 Å². The topological polar surface area (TPSA) is 71.7 Å². The van der Waals surface area contributed by atoms with Crippen LogP contribution in [0.4, 0.5) is 10.7 Å². The highest BCUT2D eigenvalue weighted by Crippen LogP contribution is 2.33. The number of anilines is 1. The average molecular weight is 322 g/mol. The summed E-state index contributed by atoms with van der Waals surface area (Å²) in [4.78, 5) is 20.8. The molecule has 128 valence electrons. The van der Waals surface area contributed by atoms with E-state index < -0.39 is 5.60 Å². The average Bonchev–Trinajstić information content (AvgIpc) is 3.15. The van der Waals surface area contributed by atoms with Crippen molar-refractivity contribution in [2.45, 2.75) is 64.5 Å². The summed E-state index contributed by atoms with van der Waals surface area (Å²) in [5.41, 5.74) is -0.502. The summed E-state index contributed by atoms with van der Waals surface area (Å²) in [6, 6.07) is -0.170. The second-order valence-corrected chi connectivity index (χ2v) is 7.31. The minimum absolute atomic E-state index is 0.170. The van der Waals surface area contributed by atoms with Crippen LogP contribution >= 0.6 is 0 Å². The zero-order valence-corrected chi connectivity index (χ0v) is 14.2. The van der Waals surface area contributed by atoms with E-state index in [1.807, 2.05) is 20.8 Å². The highest BCUT2D eigenvalue weighted by atomic mass is 16.6. The van der Waals surface area contributed by atoms with Gasteiger partial charge in [0.15, 0.2) is 0 Å². The van der Waals surface area contributed by atoms with Gasteiger partial charge in [-0.2, -0.15) is 4.98 Å². The largest absolute Gasteiger partial charge is 0.444 e. The van der Waals surface area contributed by atoms with Gasteiger partial charge in [-0.25, -0.2) is 4.79 Å². The molecule has 0 N–H and O–H groups in total. The number of rotatable bonds is 2. The summed E-state index contributed by atoms with van der Waals surface area (Å²) in [5.74, 6) is 1.17. The molecule has 23 heavy (non-hydrogen) atoms. The van der Waals surface area contributed by atoms with Crippen LogP contribution < -0.4 is 4.90 Å². The van der Waals surface area contributed by atoms with Gasteiger partial charge in [0.2, 0.25) is 0 Å². The Morgan fingerprint density at radius 1 is 1.17 bits per heavy atom. The quantitative estimate of drug-likeness (QED) is 0.833. The van der Waals surface area contributed by atoms with Gasteiger partial charge in [0, 0.05) is 19.6 Å². The van der Waals surface area contributed by atoms with Gasteiger partial charge in [0.05, 0.1) is 0 Å². The Kier molecular flexibility index (Phi) is 4.46. The van der Waals surface area contributed by atoms with Crippen molar-refractivity contribution in [2.24, 2.45) is 0 Å². The third-order valence-electron chi connectivity index (χ3n) is 4.24. The molecule has 1 aromatic heterocycles. The Hall–Kier alpha value is -1.79. The molecule has 3 heterocycles. The Balaban J connectivity index is 1.70. The Bertz CT molecular complexity index is 546. The number of aromatic nitrogens is 2. The third-order valence-corrected chi connectivity index (χ3v) is 4.24. The fourth-order valence-corrected chi connectivity index (χ4v) is 3.15. The number of likely N-dealkylation sites (tertiary alicyclic amines) is 1. The number of nitrogens with zero attached hydrogens (tertiary/aromatic N) is 4. The van der Waals surface area contributed by atoms with Crippen LogP contribution in [0.2, 0.25) is 0 Å². The van der Waals surface area contributed by atoms with Crippen LogP contribution in [0.5, 0.6) is 0 Å². The van der Waals surface area contributed by atoms with Gasteiger partial charge in [0.1, 0.15) is 11.6 Å². The van der Waals surface area contributed by atoms with E-state index in [-0.39, 0.29) is 12.1 Å². The van der Waals surface area contributed by atoms with Gasteiger partial charge in [-0.15, -0.1) is 0 Å². The zero-order valence-electron chi connectivity index (χ0n) is 14.2. The lowest BCUT2D eigenvalue weighted by Crippen LogP contribution is -2.36. The number of ether oxygens (including phenoxy) is 1. The summed E-state index contributed by atoms with van der Waals surface area (Å²) in [5, 5.41) is 4.11. The standard InChI is InChI=1S/C16H26N4O3/c1-16(2,3)22-15(21)20-11-7-8-12(20)13-17-14(18-23-13)19-9-5-4-6-10-19/h12H,4-11H2,1-3H3/t12-/m0/s1. The van der Waals surface area contributed by atoms with Crippen molar-refractivity contribution >= 4 is 12.0 Å². The van der Waals surface area contributed by atoms with E-state index >= 15 is 0 Å². The summed E-state index contributed by atoms with van der Waals surface area (Å²) in [6.45, 7) is 8.23. The first-order chi connectivity index (χ1) is 10.9. The molecule has 0 aliphatic carbocycles. The van der Waals surface area contributed by atoms with E-state index in [9.17, 15) is 4.79 Å². The first-order valence-electron chi connectivity index (χ1n) is 8.52. The SMILES string of the molecule is CC(C)(C)OC(=O)N1CCC[C@H]1c1nc(N2CCCCC2)no1. The molecular weight excluding hydrogens is 296 g/mol. The molecule has 1 amide bonds. The Labute approximate surface area is 137 Å². The molecule has 0 bridgehead atoms. The van der Waals surface area contributed by atoms with Crippen LogP contribution in [0.25, 0.3) is 0 Å². The molecule has 0 aromatic carbocycles. The number of piperidine rings is 1. The second kappa shape index (κ2) is 6.37. The molecular formula is C16H26N4O3. The molecule has 7 nitrogen and oxygen atoms in total. The normalized spacial score (nSPS) is 22.5. The summed E-state index contributed by atoms with van der Waals surface area (Å²) in [7, 11) is 0. The maximum atomic E-state index is 12.4. The van der Waals surface area contributed by atoms with Gasteiger partial charge in [-0.05, 0) is 58.0 Å². The molecule has 0 saturated carbocycles. The zero-order chi connectivity index (χ0) is 16.4. The highest BCUT2D eigenvalue weighted by molar-refractivity contribution is 5.69. The molecule has 0 spiro atoms. The Morgan fingerprint density at radius 3 is 2.61 bits per heavy atom. The molecule has 1 aromatic rings. The van der Waals surface area contributed by atoms with E-state index in [1.54, 1.807) is 4.90 Å². The lowest BCUT2D eigenvalue weighted by atomic mass is 10.1. The van der Waals surface area contributed by atoms with E-state index in [2.05, 4.69) is 15.0 Å². The van der Waals surface area contributed by atoms with Gasteiger partial charge < -0.3 is 14.2 Å². The van der Waals surface area contributed by atoms with Crippen molar-refractivity contribution in [1.82, 2.24) is 15.0 Å². The predicted octanol–water partition coefficient (Wildman–Crippen LogP) is 3.13. The van der Waals surface area contributed by atoms with Gasteiger partial charge in [0.25, 0.3) is 11.8 Å². The minimum atomic E-state index is -0.502. The van der Waals surface area contributed by atoms with Gasteiger partial charge in [-0.1, -0.05) is 0 Å². The maximum Gasteiger partial charge on any atom is 0.410 e. The van der Waals surface area contributed by atoms with Crippen LogP contribution in [0, 0.1) is 0 Å². The van der Waals surface area contributed by atoms with Gasteiger partial charge in [-0.3, -0.25) is 4.90 Å². The van der Waals surface area contributed by atoms with Crippen LogP contribution in [-0.4, -0.2) is 46.4 Å². The van der Waals surface area contributed by atoms with E-state index in [0.29, 0.717) is 18.4 Å². The number of carbonyl (C=O) groups is 1. The molecule has 2 fully saturated rings. The predicted molar refractivity (Wildman–Crippen MR) is 85.3 cm³/mol. The van der Waals surface area contributed by atoms with Gasteiger partial charge >= 0.3 is 6.09 Å². The lowest BCUT2D eigenvalue weighted by molar-refractivity contribution is 0.0199. The number of hydrogen-bond acceptors (Lipinski definition) is 6. The molecule has 7 heteroatoms. The summed E-state index contributed by atoms with van der Waals surface area (Å²) < 4.78 is 10.9. The van der Waals surface area contributed by atoms with Crippen LogP contribution in [0.3, 0.4) is 0 Å². The summed E-state index contributed by atoms with van der Waals surface area (Å²) in [6.07, 6.45) is 5.04. The van der Waals surface area contributed by atoms with E-state index in [4.69, 9.17) is 9.26 Å². The number of hydrogen-bond donors (Lipinski definition) is 0. The Morgan fingerprint density at radius 2 is 1.91 bits per heavy atom. The maximum absolute atomic E-state index is 12.4. The highest BCUT2D eigenvalue weighted by Gasteiger charge is 2.36. The van der Waals surface area contributed by atoms with Crippen LogP contribution in [0.15, 0.2) is 4.52 Å². The second-order valence-electron chi connectivity index (χ2n) is 7.31. The first-order valence-corrected chi connectivity index (χ1v) is 8.52. The van der Waals surface area contributed by atoms with Crippen molar-refractivity contribution in [3.8, 4) is 0 Å². The number of amides is 1. The first kappa shape index (κ1) is 16.1. The fraction of sp³-hybridized carbons (Fsp3) is 0.812. The molecule has 0 radical (unpaired) electrons. The van der Waals surface area contributed by atoms with Crippen molar-refractivity contribution in [3.05, 3.63) is 5.89 Å².